The van der Waals surface area contributed by atoms with E-state index in [-0.39, 0.29) is 0 Å². The van der Waals surface area contributed by atoms with Gasteiger partial charge in [0.1, 0.15) is 0 Å². The number of nitrogens with zero attached hydrogens (tertiary/aromatic N) is 1. The van der Waals surface area contributed by atoms with Crippen LogP contribution in [-0.4, -0.2) is 28.6 Å². The second kappa shape index (κ2) is 4.80. The van der Waals surface area contributed by atoms with Crippen LogP contribution in [0.15, 0.2) is 0 Å². The molecular weight excluding hydrogens is 180 g/mol. The quantitative estimate of drug-likeness (QED) is 0.653. The van der Waals surface area contributed by atoms with Gasteiger partial charge < -0.3 is 10.2 Å². The van der Waals surface area contributed by atoms with Gasteiger partial charge in [-0.3, -0.25) is 0 Å². The number of nitrogens with one attached hydrogen (secondary N) is 1. The van der Waals surface area contributed by atoms with E-state index < -0.39 is 0 Å². The lowest BCUT2D eigenvalue weighted by molar-refractivity contribution is 0.189. The Morgan fingerprint density at radius 3 is 2.38 bits per heavy atom. The van der Waals surface area contributed by atoms with Gasteiger partial charge in [0.2, 0.25) is 0 Å². The van der Waals surface area contributed by atoms with Gasteiger partial charge in [0.05, 0.1) is 0 Å². The van der Waals surface area contributed by atoms with E-state index in [1.54, 1.807) is 0 Å². The molecule has 2 unspecified atom stereocenters. The van der Waals surface area contributed by atoms with Crippen molar-refractivity contribution in [3.05, 3.63) is 0 Å². The summed E-state index contributed by atoms with van der Waals surface area (Å²) in [6, 6.07) is 1.21. The molecule has 0 radical (unpaired) electrons. The van der Waals surface area contributed by atoms with Crippen LogP contribution in [0.1, 0.15) is 40.0 Å². The van der Waals surface area contributed by atoms with Crippen LogP contribution in [0, 0.1) is 0 Å². The minimum atomic E-state index is 0.607. The largest absolute Gasteiger partial charge is 0.363 e. The molecular formula is C10H20N2S. The molecule has 1 saturated heterocycles. The van der Waals surface area contributed by atoms with Crippen LogP contribution in [0.4, 0.5) is 0 Å². The molecule has 2 atom stereocenters. The zero-order valence-corrected chi connectivity index (χ0v) is 9.66. The molecule has 1 heterocycles. The minimum Gasteiger partial charge on any atom is -0.363 e. The molecule has 1 rings (SSSR count). The van der Waals surface area contributed by atoms with E-state index >= 15 is 0 Å². The highest BCUT2D eigenvalue weighted by atomic mass is 32.1. The number of hydrogen-bond acceptors (Lipinski definition) is 1. The van der Waals surface area contributed by atoms with Gasteiger partial charge in [-0.05, 0) is 52.3 Å². The van der Waals surface area contributed by atoms with Crippen molar-refractivity contribution in [3.63, 3.8) is 0 Å². The van der Waals surface area contributed by atoms with Crippen LogP contribution < -0.4 is 5.32 Å². The van der Waals surface area contributed by atoms with Crippen molar-refractivity contribution < 1.29 is 0 Å². The van der Waals surface area contributed by atoms with Crippen LogP contribution >= 0.6 is 12.2 Å². The Bertz CT molecular complexity index is 172. The van der Waals surface area contributed by atoms with E-state index in [9.17, 15) is 0 Å². The number of likely N-dealkylation sites (tertiary alicyclic amines) is 1. The Balaban J connectivity index is 2.57. The highest BCUT2D eigenvalue weighted by Crippen LogP contribution is 2.22. The summed E-state index contributed by atoms with van der Waals surface area (Å²) in [6.07, 6.45) is 3.89. The molecule has 0 aromatic carbocycles. The third-order valence-corrected chi connectivity index (χ3v) is 3.11. The zero-order valence-electron chi connectivity index (χ0n) is 8.84. The van der Waals surface area contributed by atoms with Gasteiger partial charge in [-0.1, -0.05) is 0 Å². The number of thiocarbonyl (C=S) groups is 1. The molecule has 1 aliphatic heterocycles. The molecule has 0 aromatic rings. The summed E-state index contributed by atoms with van der Waals surface area (Å²) in [5.41, 5.74) is 0. The predicted octanol–water partition coefficient (Wildman–Crippen LogP) is 2.14. The third kappa shape index (κ3) is 2.56. The standard InChI is InChI=1S/C10H20N2S/c1-4-11-10(13)12-8(2)6-5-7-9(12)3/h8-9H,4-7H2,1-3H3,(H,11,13). The summed E-state index contributed by atoms with van der Waals surface area (Å²) in [5, 5.41) is 4.17. The van der Waals surface area contributed by atoms with Gasteiger partial charge in [-0.15, -0.1) is 0 Å². The van der Waals surface area contributed by atoms with Crippen molar-refractivity contribution in [2.24, 2.45) is 0 Å². The van der Waals surface area contributed by atoms with Crippen molar-refractivity contribution in [1.82, 2.24) is 10.2 Å². The first-order valence-corrected chi connectivity index (χ1v) is 5.63. The van der Waals surface area contributed by atoms with Crippen molar-refractivity contribution in [2.75, 3.05) is 6.54 Å². The van der Waals surface area contributed by atoms with Crippen LogP contribution in [0.25, 0.3) is 0 Å². The molecule has 1 aliphatic rings. The lowest BCUT2D eigenvalue weighted by Gasteiger charge is -2.40. The summed E-state index contributed by atoms with van der Waals surface area (Å²) >= 11 is 5.34. The first kappa shape index (κ1) is 10.8. The Hall–Kier alpha value is -0.310. The molecule has 0 spiro atoms. The summed E-state index contributed by atoms with van der Waals surface area (Å²) in [7, 11) is 0. The van der Waals surface area contributed by atoms with E-state index in [0.29, 0.717) is 12.1 Å². The Kier molecular flexibility index (Phi) is 3.97. The van der Waals surface area contributed by atoms with E-state index in [4.69, 9.17) is 12.2 Å². The highest BCUT2D eigenvalue weighted by Gasteiger charge is 2.25. The van der Waals surface area contributed by atoms with Gasteiger partial charge in [-0.25, -0.2) is 0 Å². The van der Waals surface area contributed by atoms with E-state index in [0.717, 1.165) is 11.7 Å². The average molecular weight is 200 g/mol. The van der Waals surface area contributed by atoms with Crippen LogP contribution in [-0.2, 0) is 0 Å². The lowest BCUT2D eigenvalue weighted by Crippen LogP contribution is -2.51. The molecule has 0 saturated carbocycles. The molecule has 13 heavy (non-hydrogen) atoms. The summed E-state index contributed by atoms with van der Waals surface area (Å²) in [4.78, 5) is 2.35. The minimum absolute atomic E-state index is 0.607. The maximum atomic E-state index is 5.34. The molecule has 0 aromatic heterocycles. The first-order valence-electron chi connectivity index (χ1n) is 5.23. The monoisotopic (exact) mass is 200 g/mol. The van der Waals surface area contributed by atoms with Crippen LogP contribution in [0.3, 0.4) is 0 Å². The fourth-order valence-electron chi connectivity index (χ4n) is 2.06. The van der Waals surface area contributed by atoms with Crippen molar-refractivity contribution in [3.8, 4) is 0 Å². The van der Waals surface area contributed by atoms with Crippen molar-refractivity contribution in [2.45, 2.75) is 52.1 Å². The second-order valence-electron chi connectivity index (χ2n) is 3.87. The molecule has 0 aliphatic carbocycles. The summed E-state index contributed by atoms with van der Waals surface area (Å²) in [6.45, 7) is 7.54. The average Bonchev–Trinajstić information content (AvgIpc) is 2.04. The summed E-state index contributed by atoms with van der Waals surface area (Å²) in [5.74, 6) is 0. The van der Waals surface area contributed by atoms with Gasteiger partial charge in [0.15, 0.2) is 5.11 Å². The SMILES string of the molecule is CCNC(=S)N1C(C)CCCC1C. The van der Waals surface area contributed by atoms with E-state index in [1.807, 2.05) is 0 Å². The molecule has 0 amide bonds. The highest BCUT2D eigenvalue weighted by molar-refractivity contribution is 7.80. The fraction of sp³-hybridized carbons (Fsp3) is 0.900. The van der Waals surface area contributed by atoms with Crippen LogP contribution in [0.2, 0.25) is 0 Å². The normalized spacial score (nSPS) is 28.7. The lowest BCUT2D eigenvalue weighted by atomic mass is 9.98. The predicted molar refractivity (Wildman–Crippen MR) is 60.9 cm³/mol. The molecule has 3 heteroatoms. The number of rotatable bonds is 1. The first-order chi connectivity index (χ1) is 6.16. The molecule has 76 valence electrons. The topological polar surface area (TPSA) is 15.3 Å². The van der Waals surface area contributed by atoms with E-state index in [2.05, 4.69) is 31.0 Å². The van der Waals surface area contributed by atoms with Crippen molar-refractivity contribution in [1.29, 1.82) is 0 Å². The van der Waals surface area contributed by atoms with Gasteiger partial charge in [0, 0.05) is 18.6 Å². The maximum absolute atomic E-state index is 5.34. The molecule has 0 bridgehead atoms. The number of hydrogen-bond donors (Lipinski definition) is 1. The maximum Gasteiger partial charge on any atom is 0.169 e. The van der Waals surface area contributed by atoms with Gasteiger partial charge in [-0.2, -0.15) is 0 Å². The fourth-order valence-corrected chi connectivity index (χ4v) is 2.57. The van der Waals surface area contributed by atoms with Crippen LogP contribution in [0.5, 0.6) is 0 Å². The Morgan fingerprint density at radius 2 is 1.92 bits per heavy atom. The Morgan fingerprint density at radius 1 is 1.38 bits per heavy atom. The molecule has 1 fully saturated rings. The molecule has 2 nitrogen and oxygen atoms in total. The number of piperidine rings is 1. The molecule has 1 N–H and O–H groups in total. The van der Waals surface area contributed by atoms with E-state index in [1.165, 1.54) is 19.3 Å². The van der Waals surface area contributed by atoms with Crippen molar-refractivity contribution >= 4 is 17.3 Å². The zero-order chi connectivity index (χ0) is 9.84. The summed E-state index contributed by atoms with van der Waals surface area (Å²) < 4.78 is 0. The Labute approximate surface area is 86.7 Å². The van der Waals surface area contributed by atoms with Gasteiger partial charge >= 0.3 is 0 Å². The second-order valence-corrected chi connectivity index (χ2v) is 4.26. The third-order valence-electron chi connectivity index (χ3n) is 2.76. The van der Waals surface area contributed by atoms with Gasteiger partial charge in [0.25, 0.3) is 0 Å². The smallest absolute Gasteiger partial charge is 0.169 e.